The monoisotopic (exact) mass is 245 g/mol. The largest absolute Gasteiger partial charge is 0.399 e. The fraction of sp³-hybridized carbons (Fsp3) is 0.455. The number of sulfone groups is 1. The molecule has 0 aliphatic rings. The van der Waals surface area contributed by atoms with E-state index in [1.807, 2.05) is 0 Å². The van der Waals surface area contributed by atoms with Crippen LogP contribution in [0, 0.1) is 5.82 Å². The number of anilines is 1. The lowest BCUT2D eigenvalue weighted by atomic mass is 10.2. The summed E-state index contributed by atoms with van der Waals surface area (Å²) in [6.45, 7) is 4.85. The smallest absolute Gasteiger partial charge is 0.159 e. The van der Waals surface area contributed by atoms with Crippen molar-refractivity contribution in [3.8, 4) is 0 Å². The molecule has 16 heavy (non-hydrogen) atoms. The minimum atomic E-state index is -3.31. The summed E-state index contributed by atoms with van der Waals surface area (Å²) < 4.78 is 35.9. The zero-order chi connectivity index (χ0) is 12.6. The molecule has 0 aliphatic carbocycles. The van der Waals surface area contributed by atoms with Gasteiger partial charge < -0.3 is 5.73 Å². The predicted octanol–water partition coefficient (Wildman–Crippen LogP) is 2.12. The summed E-state index contributed by atoms with van der Waals surface area (Å²) in [6.07, 6.45) is 0. The summed E-state index contributed by atoms with van der Waals surface area (Å²) in [5, 5.41) is 0. The quantitative estimate of drug-likeness (QED) is 0.812. The summed E-state index contributed by atoms with van der Waals surface area (Å²) in [5.41, 5.74) is 6.07. The molecule has 0 heterocycles. The van der Waals surface area contributed by atoms with Gasteiger partial charge in [0.2, 0.25) is 0 Å². The summed E-state index contributed by atoms with van der Waals surface area (Å²) >= 11 is 0. The third kappa shape index (κ3) is 2.95. The van der Waals surface area contributed by atoms with E-state index in [1.165, 1.54) is 12.1 Å². The third-order valence-corrected chi connectivity index (χ3v) is 4.85. The minimum absolute atomic E-state index is 0.196. The molecule has 0 radical (unpaired) electrons. The number of nitrogens with two attached hydrogens (primary N) is 1. The predicted molar refractivity (Wildman–Crippen MR) is 63.2 cm³/mol. The second-order valence-electron chi connectivity index (χ2n) is 4.76. The van der Waals surface area contributed by atoms with Crippen molar-refractivity contribution >= 4 is 15.5 Å². The van der Waals surface area contributed by atoms with Gasteiger partial charge in [-0.05, 0) is 44.5 Å². The van der Waals surface area contributed by atoms with Crippen LogP contribution in [0.3, 0.4) is 0 Å². The van der Waals surface area contributed by atoms with E-state index in [-0.39, 0.29) is 11.4 Å². The Kier molecular flexibility index (Phi) is 3.28. The summed E-state index contributed by atoms with van der Waals surface area (Å²) in [5.74, 6) is -0.711. The molecule has 0 bridgehead atoms. The molecule has 2 N–H and O–H groups in total. The first-order valence-corrected chi connectivity index (χ1v) is 6.54. The first-order valence-electron chi connectivity index (χ1n) is 4.89. The van der Waals surface area contributed by atoms with Crippen LogP contribution in [-0.4, -0.2) is 13.2 Å². The van der Waals surface area contributed by atoms with E-state index >= 15 is 0 Å². The van der Waals surface area contributed by atoms with Crippen molar-refractivity contribution < 1.29 is 12.8 Å². The van der Waals surface area contributed by atoms with E-state index in [0.717, 1.165) is 6.07 Å². The van der Waals surface area contributed by atoms with Gasteiger partial charge in [0.1, 0.15) is 5.82 Å². The van der Waals surface area contributed by atoms with Crippen molar-refractivity contribution in [3.05, 3.63) is 29.6 Å². The zero-order valence-corrected chi connectivity index (χ0v) is 10.4. The normalized spacial score (nSPS) is 12.8. The average Bonchev–Trinajstić information content (AvgIpc) is 1.97. The van der Waals surface area contributed by atoms with Crippen molar-refractivity contribution in [1.82, 2.24) is 0 Å². The van der Waals surface area contributed by atoms with Crippen LogP contribution < -0.4 is 5.73 Å². The van der Waals surface area contributed by atoms with Crippen LogP contribution in [0.4, 0.5) is 10.1 Å². The molecule has 5 heteroatoms. The molecule has 0 aromatic heterocycles. The van der Waals surface area contributed by atoms with Gasteiger partial charge in [-0.25, -0.2) is 12.8 Å². The molecule has 0 amide bonds. The van der Waals surface area contributed by atoms with Crippen molar-refractivity contribution in [2.24, 2.45) is 0 Å². The molecular weight excluding hydrogens is 229 g/mol. The van der Waals surface area contributed by atoms with Crippen molar-refractivity contribution in [3.63, 3.8) is 0 Å². The molecule has 0 spiro atoms. The van der Waals surface area contributed by atoms with Crippen LogP contribution in [0.25, 0.3) is 0 Å². The number of nitrogen functional groups attached to an aromatic ring is 1. The minimum Gasteiger partial charge on any atom is -0.399 e. The number of halogens is 1. The van der Waals surface area contributed by atoms with Gasteiger partial charge in [0.25, 0.3) is 0 Å². The maximum Gasteiger partial charge on any atom is 0.159 e. The fourth-order valence-corrected chi connectivity index (χ4v) is 2.23. The Labute approximate surface area is 95.4 Å². The highest BCUT2D eigenvalue weighted by atomic mass is 32.2. The van der Waals surface area contributed by atoms with Crippen LogP contribution in [0.2, 0.25) is 0 Å². The van der Waals surface area contributed by atoms with E-state index in [4.69, 9.17) is 5.73 Å². The van der Waals surface area contributed by atoms with Gasteiger partial charge >= 0.3 is 0 Å². The zero-order valence-electron chi connectivity index (χ0n) is 9.62. The lowest BCUT2D eigenvalue weighted by Gasteiger charge is -2.19. The lowest BCUT2D eigenvalue weighted by molar-refractivity contribution is 0.559. The molecule has 1 aromatic carbocycles. The second-order valence-corrected chi connectivity index (χ2v) is 7.51. The first-order chi connectivity index (χ1) is 7.12. The lowest BCUT2D eigenvalue weighted by Crippen LogP contribution is -2.29. The molecule has 1 aromatic rings. The Morgan fingerprint density at radius 3 is 2.25 bits per heavy atom. The molecule has 0 fully saturated rings. The second kappa shape index (κ2) is 4.05. The Hall–Kier alpha value is -1.10. The van der Waals surface area contributed by atoms with Gasteiger partial charge in [0.05, 0.1) is 10.5 Å². The van der Waals surface area contributed by atoms with Crippen LogP contribution in [-0.2, 0) is 15.6 Å². The van der Waals surface area contributed by atoms with Gasteiger partial charge in [0, 0.05) is 5.69 Å². The molecule has 0 saturated carbocycles. The number of benzene rings is 1. The van der Waals surface area contributed by atoms with E-state index in [2.05, 4.69) is 0 Å². The Morgan fingerprint density at radius 1 is 1.25 bits per heavy atom. The van der Waals surface area contributed by atoms with Crippen LogP contribution in [0.1, 0.15) is 26.3 Å². The highest BCUT2D eigenvalue weighted by Gasteiger charge is 2.29. The van der Waals surface area contributed by atoms with Gasteiger partial charge in [0.15, 0.2) is 9.84 Å². The summed E-state index contributed by atoms with van der Waals surface area (Å²) in [6, 6.07) is 3.83. The van der Waals surface area contributed by atoms with Crippen LogP contribution >= 0.6 is 0 Å². The maximum atomic E-state index is 13.0. The molecular formula is C11H16FNO2S. The highest BCUT2D eigenvalue weighted by molar-refractivity contribution is 7.91. The van der Waals surface area contributed by atoms with E-state index in [9.17, 15) is 12.8 Å². The molecule has 3 nitrogen and oxygen atoms in total. The molecule has 0 aliphatic heterocycles. The van der Waals surface area contributed by atoms with Crippen molar-refractivity contribution in [1.29, 1.82) is 0 Å². The third-order valence-electron chi connectivity index (χ3n) is 2.27. The Bertz CT molecular complexity index is 469. The topological polar surface area (TPSA) is 60.2 Å². The average molecular weight is 245 g/mol. The highest BCUT2D eigenvalue weighted by Crippen LogP contribution is 2.22. The van der Waals surface area contributed by atoms with E-state index in [1.54, 1.807) is 20.8 Å². The SMILES string of the molecule is CC(C)(C)S(=O)(=O)Cc1cc(N)cc(F)c1. The van der Waals surface area contributed by atoms with Crippen LogP contribution in [0.5, 0.6) is 0 Å². The molecule has 1 rings (SSSR count). The molecule has 0 atom stereocenters. The van der Waals surface area contributed by atoms with Crippen LogP contribution in [0.15, 0.2) is 18.2 Å². The fourth-order valence-electron chi connectivity index (χ4n) is 1.19. The summed E-state index contributed by atoms with van der Waals surface area (Å²) in [4.78, 5) is 0. The molecule has 0 saturated heterocycles. The van der Waals surface area contributed by atoms with E-state index in [0.29, 0.717) is 5.56 Å². The summed E-state index contributed by atoms with van der Waals surface area (Å²) in [7, 11) is -3.31. The van der Waals surface area contributed by atoms with E-state index < -0.39 is 20.4 Å². The maximum absolute atomic E-state index is 13.0. The van der Waals surface area contributed by atoms with Gasteiger partial charge in [-0.3, -0.25) is 0 Å². The first kappa shape index (κ1) is 13.0. The Balaban J connectivity index is 3.07. The van der Waals surface area contributed by atoms with Crippen molar-refractivity contribution in [2.45, 2.75) is 31.3 Å². The van der Waals surface area contributed by atoms with Crippen molar-refractivity contribution in [2.75, 3.05) is 5.73 Å². The van der Waals surface area contributed by atoms with Gasteiger partial charge in [-0.15, -0.1) is 0 Å². The standard InChI is InChI=1S/C11H16FNO2S/c1-11(2,3)16(14,15)7-8-4-9(12)6-10(13)5-8/h4-6H,7,13H2,1-3H3. The molecule has 0 unspecified atom stereocenters. The molecule has 90 valence electrons. The number of rotatable bonds is 2. The Morgan fingerprint density at radius 2 is 1.81 bits per heavy atom. The van der Waals surface area contributed by atoms with Gasteiger partial charge in [-0.1, -0.05) is 0 Å². The van der Waals surface area contributed by atoms with Gasteiger partial charge in [-0.2, -0.15) is 0 Å². The number of hydrogen-bond acceptors (Lipinski definition) is 3. The number of hydrogen-bond donors (Lipinski definition) is 1.